The number of halogens is 1. The van der Waals surface area contributed by atoms with Crippen molar-refractivity contribution >= 4 is 17.4 Å². The molecule has 1 N–H and O–H groups in total. The quantitative estimate of drug-likeness (QED) is 0.778. The molecular weight excluding hydrogens is 282 g/mol. The van der Waals surface area contributed by atoms with Crippen LogP contribution in [0.5, 0.6) is 0 Å². The molecular formula is C17H14ClN3. The van der Waals surface area contributed by atoms with Crippen molar-refractivity contribution in [2.45, 2.75) is 6.04 Å². The van der Waals surface area contributed by atoms with E-state index >= 15 is 0 Å². The van der Waals surface area contributed by atoms with Gasteiger partial charge in [0.2, 0.25) is 0 Å². The number of benzene rings is 1. The van der Waals surface area contributed by atoms with Gasteiger partial charge in [-0.3, -0.25) is 4.98 Å². The van der Waals surface area contributed by atoms with E-state index in [1.54, 1.807) is 12.4 Å². The maximum Gasteiger partial charge on any atom is 0.126 e. The van der Waals surface area contributed by atoms with E-state index in [2.05, 4.69) is 15.3 Å². The van der Waals surface area contributed by atoms with E-state index in [9.17, 15) is 0 Å². The normalized spacial score (nSPS) is 11.9. The Morgan fingerprint density at radius 3 is 2.33 bits per heavy atom. The Kier molecular flexibility index (Phi) is 4.12. The van der Waals surface area contributed by atoms with Gasteiger partial charge in [0.25, 0.3) is 0 Å². The number of nitrogens with one attached hydrogen (secondary N) is 1. The predicted molar refractivity (Wildman–Crippen MR) is 85.4 cm³/mol. The number of aromatic nitrogens is 2. The first-order chi connectivity index (χ1) is 10.3. The van der Waals surface area contributed by atoms with Crippen molar-refractivity contribution in [3.8, 4) is 0 Å². The molecule has 0 saturated heterocycles. The standard InChI is InChI=1S/C17H14ClN3/c18-14-7-5-6-13(12-14)17(15-8-1-3-10-19-15)21-16-9-2-4-11-20-16/h1-12,17H,(H,20,21). The highest BCUT2D eigenvalue weighted by molar-refractivity contribution is 6.30. The van der Waals surface area contributed by atoms with Crippen molar-refractivity contribution in [3.05, 3.63) is 89.3 Å². The van der Waals surface area contributed by atoms with Crippen LogP contribution in [-0.2, 0) is 0 Å². The number of pyridine rings is 2. The Morgan fingerprint density at radius 1 is 0.857 bits per heavy atom. The number of hydrogen-bond donors (Lipinski definition) is 1. The highest BCUT2D eigenvalue weighted by Crippen LogP contribution is 2.26. The molecule has 4 heteroatoms. The van der Waals surface area contributed by atoms with Gasteiger partial charge in [-0.1, -0.05) is 35.9 Å². The van der Waals surface area contributed by atoms with Crippen molar-refractivity contribution in [3.63, 3.8) is 0 Å². The summed E-state index contributed by atoms with van der Waals surface area (Å²) in [5.74, 6) is 0.799. The van der Waals surface area contributed by atoms with Gasteiger partial charge >= 0.3 is 0 Å². The molecule has 0 radical (unpaired) electrons. The average molecular weight is 296 g/mol. The van der Waals surface area contributed by atoms with Crippen LogP contribution in [0, 0.1) is 0 Å². The van der Waals surface area contributed by atoms with Gasteiger partial charge in [-0.2, -0.15) is 0 Å². The molecule has 1 aromatic carbocycles. The van der Waals surface area contributed by atoms with Crippen molar-refractivity contribution in [2.75, 3.05) is 5.32 Å². The fraction of sp³-hybridized carbons (Fsp3) is 0.0588. The van der Waals surface area contributed by atoms with E-state index in [1.807, 2.05) is 60.7 Å². The summed E-state index contributed by atoms with van der Waals surface area (Å²) in [6, 6.07) is 19.3. The summed E-state index contributed by atoms with van der Waals surface area (Å²) in [5.41, 5.74) is 1.97. The minimum atomic E-state index is -0.0974. The van der Waals surface area contributed by atoms with Gasteiger partial charge in [0, 0.05) is 17.4 Å². The first kappa shape index (κ1) is 13.6. The fourth-order valence-corrected chi connectivity index (χ4v) is 2.36. The third-order valence-electron chi connectivity index (χ3n) is 3.12. The smallest absolute Gasteiger partial charge is 0.126 e. The molecule has 3 aromatic rings. The second-order valence-corrected chi connectivity index (χ2v) is 5.04. The molecule has 1 unspecified atom stereocenters. The molecule has 0 aliphatic rings. The van der Waals surface area contributed by atoms with Gasteiger partial charge in [0.15, 0.2) is 0 Å². The highest BCUT2D eigenvalue weighted by Gasteiger charge is 2.15. The lowest BCUT2D eigenvalue weighted by molar-refractivity contribution is 0.878. The molecule has 1 atom stereocenters. The van der Waals surface area contributed by atoms with E-state index < -0.39 is 0 Å². The fourth-order valence-electron chi connectivity index (χ4n) is 2.16. The Bertz CT molecular complexity index is 701. The molecule has 104 valence electrons. The van der Waals surface area contributed by atoms with Crippen LogP contribution in [0.4, 0.5) is 5.82 Å². The molecule has 3 rings (SSSR count). The van der Waals surface area contributed by atoms with Crippen LogP contribution in [0.15, 0.2) is 73.1 Å². The zero-order valence-corrected chi connectivity index (χ0v) is 12.0. The first-order valence-electron chi connectivity index (χ1n) is 6.67. The van der Waals surface area contributed by atoms with E-state index in [-0.39, 0.29) is 6.04 Å². The summed E-state index contributed by atoms with van der Waals surface area (Å²) < 4.78 is 0. The van der Waals surface area contributed by atoms with Gasteiger partial charge in [-0.25, -0.2) is 4.98 Å². The summed E-state index contributed by atoms with van der Waals surface area (Å²) in [7, 11) is 0. The molecule has 2 aromatic heterocycles. The Labute approximate surface area is 128 Å². The average Bonchev–Trinajstić information content (AvgIpc) is 2.54. The van der Waals surface area contributed by atoms with Crippen molar-refractivity contribution in [2.24, 2.45) is 0 Å². The number of anilines is 1. The van der Waals surface area contributed by atoms with E-state index in [0.717, 1.165) is 17.1 Å². The maximum absolute atomic E-state index is 6.12. The van der Waals surface area contributed by atoms with Crippen LogP contribution in [0.3, 0.4) is 0 Å². The van der Waals surface area contributed by atoms with Gasteiger partial charge in [0.1, 0.15) is 5.82 Å². The predicted octanol–water partition coefficient (Wildman–Crippen LogP) is 4.33. The molecule has 0 spiro atoms. The summed E-state index contributed by atoms with van der Waals surface area (Å²) in [4.78, 5) is 8.77. The van der Waals surface area contributed by atoms with Crippen LogP contribution >= 0.6 is 11.6 Å². The van der Waals surface area contributed by atoms with Crippen LogP contribution in [0.25, 0.3) is 0 Å². The summed E-state index contributed by atoms with van der Waals surface area (Å²) in [6.45, 7) is 0. The minimum absolute atomic E-state index is 0.0974. The second kappa shape index (κ2) is 6.37. The lowest BCUT2D eigenvalue weighted by Gasteiger charge is -2.19. The third kappa shape index (κ3) is 3.38. The van der Waals surface area contributed by atoms with Gasteiger partial charge in [-0.05, 0) is 42.0 Å². The summed E-state index contributed by atoms with van der Waals surface area (Å²) >= 11 is 6.12. The molecule has 0 amide bonds. The molecule has 0 bridgehead atoms. The molecule has 21 heavy (non-hydrogen) atoms. The van der Waals surface area contributed by atoms with Crippen LogP contribution in [-0.4, -0.2) is 9.97 Å². The van der Waals surface area contributed by atoms with Gasteiger partial charge in [-0.15, -0.1) is 0 Å². The van der Waals surface area contributed by atoms with Crippen LogP contribution in [0.2, 0.25) is 5.02 Å². The SMILES string of the molecule is Clc1cccc(C(Nc2ccccn2)c2ccccn2)c1. The Morgan fingerprint density at radius 2 is 1.67 bits per heavy atom. The number of nitrogens with zero attached hydrogens (tertiary/aromatic N) is 2. The molecule has 0 fully saturated rings. The van der Waals surface area contributed by atoms with Crippen molar-refractivity contribution in [1.82, 2.24) is 9.97 Å². The topological polar surface area (TPSA) is 37.8 Å². The number of hydrogen-bond acceptors (Lipinski definition) is 3. The summed E-state index contributed by atoms with van der Waals surface area (Å²) in [5, 5.41) is 4.11. The highest BCUT2D eigenvalue weighted by atomic mass is 35.5. The van der Waals surface area contributed by atoms with Gasteiger partial charge < -0.3 is 5.32 Å². The second-order valence-electron chi connectivity index (χ2n) is 4.60. The lowest BCUT2D eigenvalue weighted by Crippen LogP contribution is -2.14. The van der Waals surface area contributed by atoms with E-state index in [4.69, 9.17) is 11.6 Å². The third-order valence-corrected chi connectivity index (χ3v) is 3.36. The monoisotopic (exact) mass is 295 g/mol. The molecule has 0 aliphatic heterocycles. The number of rotatable bonds is 4. The van der Waals surface area contributed by atoms with Crippen LogP contribution < -0.4 is 5.32 Å². The Hall–Kier alpha value is -2.39. The summed E-state index contributed by atoms with van der Waals surface area (Å²) in [6.07, 6.45) is 3.54. The zero-order chi connectivity index (χ0) is 14.5. The molecule has 0 saturated carbocycles. The minimum Gasteiger partial charge on any atom is -0.358 e. The largest absolute Gasteiger partial charge is 0.358 e. The van der Waals surface area contributed by atoms with Gasteiger partial charge in [0.05, 0.1) is 11.7 Å². The van der Waals surface area contributed by atoms with Crippen molar-refractivity contribution in [1.29, 1.82) is 0 Å². The van der Waals surface area contributed by atoms with Crippen LogP contribution in [0.1, 0.15) is 17.3 Å². The molecule has 3 nitrogen and oxygen atoms in total. The van der Waals surface area contributed by atoms with E-state index in [0.29, 0.717) is 5.02 Å². The first-order valence-corrected chi connectivity index (χ1v) is 7.05. The Balaban J connectivity index is 1.99. The lowest BCUT2D eigenvalue weighted by atomic mass is 10.0. The maximum atomic E-state index is 6.12. The molecule has 0 aliphatic carbocycles. The van der Waals surface area contributed by atoms with E-state index in [1.165, 1.54) is 0 Å². The van der Waals surface area contributed by atoms with Crippen molar-refractivity contribution < 1.29 is 0 Å². The zero-order valence-electron chi connectivity index (χ0n) is 11.3. The molecule has 2 heterocycles.